The maximum absolute atomic E-state index is 10.8. The molecule has 1 aromatic carbocycles. The first-order valence-electron chi connectivity index (χ1n) is 4.12. The molecule has 0 saturated carbocycles. The van der Waals surface area contributed by atoms with E-state index in [0.29, 0.717) is 0 Å². The first-order valence-corrected chi connectivity index (χ1v) is 4.12. The molecule has 3 N–H and O–H groups in total. The topological polar surface area (TPSA) is 96.3 Å². The lowest BCUT2D eigenvalue weighted by Crippen LogP contribution is -2.36. The normalized spacial score (nSPS) is 9.13. The molecule has 2 amide bonds. The Hall–Kier alpha value is -2.31. The van der Waals surface area contributed by atoms with Crippen LogP contribution >= 0.6 is 0 Å². The number of nitro benzene ring substituents is 1. The van der Waals surface area contributed by atoms with E-state index in [4.69, 9.17) is 0 Å². The van der Waals surface area contributed by atoms with Gasteiger partial charge in [-0.2, -0.15) is 0 Å². The van der Waals surface area contributed by atoms with Crippen molar-refractivity contribution in [2.45, 2.75) is 0 Å². The van der Waals surface area contributed by atoms with Gasteiger partial charge in [0.25, 0.3) is 5.69 Å². The van der Waals surface area contributed by atoms with Crippen LogP contribution in [0.2, 0.25) is 0 Å². The van der Waals surface area contributed by atoms with Gasteiger partial charge in [-0.15, -0.1) is 0 Å². The van der Waals surface area contributed by atoms with Crippen molar-refractivity contribution in [3.63, 3.8) is 0 Å². The van der Waals surface area contributed by atoms with Gasteiger partial charge in [0.2, 0.25) is 0 Å². The number of urea groups is 1. The average Bonchev–Trinajstić information content (AvgIpc) is 2.26. The van der Waals surface area contributed by atoms with Crippen LogP contribution in [0.4, 0.5) is 16.2 Å². The lowest BCUT2D eigenvalue weighted by atomic mass is 10.3. The van der Waals surface area contributed by atoms with E-state index >= 15 is 0 Å². The fourth-order valence-corrected chi connectivity index (χ4v) is 0.925. The number of carbonyl (C=O) groups excluding carboxylic acids is 1. The van der Waals surface area contributed by atoms with E-state index in [1.165, 1.54) is 19.2 Å². The molecule has 15 heavy (non-hydrogen) atoms. The summed E-state index contributed by atoms with van der Waals surface area (Å²) in [6, 6.07) is 5.53. The molecular weight excluding hydrogens is 200 g/mol. The number of hydrazine groups is 1. The van der Waals surface area contributed by atoms with E-state index in [0.717, 1.165) is 0 Å². The Bertz CT molecular complexity index is 380. The minimum Gasteiger partial charge on any atom is -0.340 e. The highest BCUT2D eigenvalue weighted by molar-refractivity contribution is 5.76. The molecule has 0 aliphatic heterocycles. The second kappa shape index (κ2) is 4.80. The van der Waals surface area contributed by atoms with Crippen molar-refractivity contribution in [1.29, 1.82) is 0 Å². The number of benzene rings is 1. The molecule has 0 radical (unpaired) electrons. The standard InChI is InChI=1S/C8H10N4O3/c1-9-8(13)11-10-6-4-2-3-5-7(6)12(14)15/h2-5,10H,1H3,(H2,9,11,13). The summed E-state index contributed by atoms with van der Waals surface area (Å²) in [5.74, 6) is 0. The van der Waals surface area contributed by atoms with Crippen LogP contribution in [0.15, 0.2) is 24.3 Å². The number of carbonyl (C=O) groups is 1. The van der Waals surface area contributed by atoms with Gasteiger partial charge >= 0.3 is 6.03 Å². The summed E-state index contributed by atoms with van der Waals surface area (Å²) >= 11 is 0. The third-order valence-electron chi connectivity index (χ3n) is 1.64. The maximum atomic E-state index is 10.8. The number of nitrogens with one attached hydrogen (secondary N) is 3. The number of hydrogen-bond acceptors (Lipinski definition) is 4. The maximum Gasteiger partial charge on any atom is 0.333 e. The van der Waals surface area contributed by atoms with E-state index in [9.17, 15) is 14.9 Å². The van der Waals surface area contributed by atoms with Gasteiger partial charge in [-0.3, -0.25) is 21.0 Å². The van der Waals surface area contributed by atoms with Crippen molar-refractivity contribution in [2.75, 3.05) is 12.5 Å². The van der Waals surface area contributed by atoms with Crippen LogP contribution in [0.3, 0.4) is 0 Å². The lowest BCUT2D eigenvalue weighted by Gasteiger charge is -2.07. The largest absolute Gasteiger partial charge is 0.340 e. The minimum absolute atomic E-state index is 0.103. The Morgan fingerprint density at radius 1 is 1.40 bits per heavy atom. The monoisotopic (exact) mass is 210 g/mol. The molecule has 0 unspecified atom stereocenters. The lowest BCUT2D eigenvalue weighted by molar-refractivity contribution is -0.384. The van der Waals surface area contributed by atoms with Gasteiger partial charge in [-0.1, -0.05) is 12.1 Å². The molecule has 1 rings (SSSR count). The number of hydrogen-bond donors (Lipinski definition) is 3. The van der Waals surface area contributed by atoms with Crippen molar-refractivity contribution in [3.8, 4) is 0 Å². The first-order chi connectivity index (χ1) is 7.15. The van der Waals surface area contributed by atoms with Gasteiger partial charge in [-0.25, -0.2) is 4.79 Å². The van der Waals surface area contributed by atoms with E-state index in [1.54, 1.807) is 12.1 Å². The average molecular weight is 210 g/mol. The highest BCUT2D eigenvalue weighted by Crippen LogP contribution is 2.21. The van der Waals surface area contributed by atoms with Gasteiger partial charge in [0.15, 0.2) is 0 Å². The van der Waals surface area contributed by atoms with Crippen LogP contribution in [0.1, 0.15) is 0 Å². The van der Waals surface area contributed by atoms with Crippen LogP contribution < -0.4 is 16.2 Å². The zero-order valence-electron chi connectivity index (χ0n) is 7.98. The third kappa shape index (κ3) is 2.83. The quantitative estimate of drug-likeness (QED) is 0.509. The summed E-state index contributed by atoms with van der Waals surface area (Å²) in [4.78, 5) is 20.9. The molecular formula is C8H10N4O3. The zero-order chi connectivity index (χ0) is 11.3. The number of anilines is 1. The van der Waals surface area contributed by atoms with Gasteiger partial charge in [-0.05, 0) is 6.07 Å². The summed E-state index contributed by atoms with van der Waals surface area (Å²) in [6.45, 7) is 0. The van der Waals surface area contributed by atoms with E-state index in [-0.39, 0.29) is 11.4 Å². The molecule has 0 aromatic heterocycles. The number of nitro groups is 1. The van der Waals surface area contributed by atoms with Crippen molar-refractivity contribution >= 4 is 17.4 Å². The summed E-state index contributed by atoms with van der Waals surface area (Å²) in [5.41, 5.74) is 4.81. The number of amides is 2. The van der Waals surface area contributed by atoms with Crippen LogP contribution in [-0.2, 0) is 0 Å². The Kier molecular flexibility index (Phi) is 3.44. The Morgan fingerprint density at radius 3 is 2.67 bits per heavy atom. The van der Waals surface area contributed by atoms with Crippen molar-refractivity contribution in [1.82, 2.24) is 10.7 Å². The van der Waals surface area contributed by atoms with Crippen LogP contribution in [0, 0.1) is 10.1 Å². The molecule has 0 heterocycles. The molecule has 0 atom stereocenters. The Morgan fingerprint density at radius 2 is 2.07 bits per heavy atom. The van der Waals surface area contributed by atoms with E-state index in [2.05, 4.69) is 16.2 Å². The first kappa shape index (κ1) is 10.8. The van der Waals surface area contributed by atoms with E-state index in [1.807, 2.05) is 0 Å². The van der Waals surface area contributed by atoms with Crippen LogP contribution in [0.25, 0.3) is 0 Å². The van der Waals surface area contributed by atoms with Gasteiger partial charge in [0.1, 0.15) is 5.69 Å². The molecule has 0 aliphatic rings. The highest BCUT2D eigenvalue weighted by atomic mass is 16.6. The van der Waals surface area contributed by atoms with Crippen molar-refractivity contribution < 1.29 is 9.72 Å². The molecule has 1 aromatic rings. The smallest absolute Gasteiger partial charge is 0.333 e. The molecule has 80 valence electrons. The highest BCUT2D eigenvalue weighted by Gasteiger charge is 2.11. The molecule has 0 aliphatic carbocycles. The summed E-state index contributed by atoms with van der Waals surface area (Å²) in [7, 11) is 1.44. The molecule has 0 bridgehead atoms. The molecule has 0 fully saturated rings. The third-order valence-corrected chi connectivity index (χ3v) is 1.64. The number of para-hydroxylation sites is 2. The summed E-state index contributed by atoms with van der Waals surface area (Å²) in [5, 5.41) is 12.9. The van der Waals surface area contributed by atoms with Crippen LogP contribution in [-0.4, -0.2) is 18.0 Å². The summed E-state index contributed by atoms with van der Waals surface area (Å²) in [6.07, 6.45) is 0. The molecule has 7 heteroatoms. The molecule has 0 spiro atoms. The Labute approximate surface area is 85.6 Å². The number of rotatable bonds is 3. The second-order valence-electron chi connectivity index (χ2n) is 2.60. The second-order valence-corrected chi connectivity index (χ2v) is 2.60. The number of nitrogens with zero attached hydrogens (tertiary/aromatic N) is 1. The minimum atomic E-state index is -0.534. The fraction of sp³-hybridized carbons (Fsp3) is 0.125. The molecule has 7 nitrogen and oxygen atoms in total. The van der Waals surface area contributed by atoms with Gasteiger partial charge < -0.3 is 5.32 Å². The Balaban J connectivity index is 2.76. The van der Waals surface area contributed by atoms with Gasteiger partial charge in [0.05, 0.1) is 4.92 Å². The van der Waals surface area contributed by atoms with Gasteiger partial charge in [0, 0.05) is 13.1 Å². The van der Waals surface area contributed by atoms with E-state index < -0.39 is 11.0 Å². The SMILES string of the molecule is CNC(=O)NNc1ccccc1[N+](=O)[O-]. The molecule has 0 saturated heterocycles. The van der Waals surface area contributed by atoms with Crippen molar-refractivity contribution in [3.05, 3.63) is 34.4 Å². The van der Waals surface area contributed by atoms with Crippen LogP contribution in [0.5, 0.6) is 0 Å². The fourth-order valence-electron chi connectivity index (χ4n) is 0.925. The predicted molar refractivity (Wildman–Crippen MR) is 54.3 cm³/mol. The summed E-state index contributed by atoms with van der Waals surface area (Å²) < 4.78 is 0. The predicted octanol–water partition coefficient (Wildman–Crippen LogP) is 0.851. The zero-order valence-corrected chi connectivity index (χ0v) is 7.98. The van der Waals surface area contributed by atoms with Crippen molar-refractivity contribution in [2.24, 2.45) is 0 Å².